The van der Waals surface area contributed by atoms with Crippen LogP contribution in [0.2, 0.25) is 0 Å². The van der Waals surface area contributed by atoms with Gasteiger partial charge in [-0.1, -0.05) is 12.1 Å². The number of nitrogens with one attached hydrogen (secondary N) is 2. The highest BCUT2D eigenvalue weighted by Crippen LogP contribution is 2.14. The maximum atomic E-state index is 12.1. The van der Waals surface area contributed by atoms with E-state index in [-0.39, 0.29) is 17.9 Å². The van der Waals surface area contributed by atoms with Gasteiger partial charge in [0.15, 0.2) is 0 Å². The van der Waals surface area contributed by atoms with Crippen LogP contribution in [-0.4, -0.2) is 48.6 Å². The second kappa shape index (κ2) is 8.08. The van der Waals surface area contributed by atoms with Gasteiger partial charge in [-0.2, -0.15) is 0 Å². The SMILES string of the molecule is CC(=O)N(Cc1ccc(NC(=O)C2CNCCO2)cc1)C(C)C. The molecule has 126 valence electrons. The molecule has 0 radical (unpaired) electrons. The van der Waals surface area contributed by atoms with Gasteiger partial charge in [0.2, 0.25) is 5.91 Å². The first-order valence-corrected chi connectivity index (χ1v) is 7.96. The molecule has 1 atom stereocenters. The minimum absolute atomic E-state index is 0.0549. The summed E-state index contributed by atoms with van der Waals surface area (Å²) in [5.41, 5.74) is 1.76. The van der Waals surface area contributed by atoms with Crippen LogP contribution in [0.1, 0.15) is 26.3 Å². The standard InChI is InChI=1S/C17H25N3O3/c1-12(2)20(13(3)21)11-14-4-6-15(7-5-14)19-17(22)16-10-18-8-9-23-16/h4-7,12,16,18H,8-11H2,1-3H3,(H,19,22). The fraction of sp³-hybridized carbons (Fsp3) is 0.529. The molecule has 1 unspecified atom stereocenters. The van der Waals surface area contributed by atoms with E-state index >= 15 is 0 Å². The van der Waals surface area contributed by atoms with Crippen molar-refractivity contribution < 1.29 is 14.3 Å². The van der Waals surface area contributed by atoms with E-state index in [9.17, 15) is 9.59 Å². The number of hydrogen-bond acceptors (Lipinski definition) is 4. The normalized spacial score (nSPS) is 17.8. The molecule has 1 heterocycles. The number of anilines is 1. The Balaban J connectivity index is 1.93. The second-order valence-corrected chi connectivity index (χ2v) is 5.99. The Bertz CT molecular complexity index is 537. The lowest BCUT2D eigenvalue weighted by Gasteiger charge is -2.25. The lowest BCUT2D eigenvalue weighted by atomic mass is 10.1. The molecule has 0 aromatic heterocycles. The number of carbonyl (C=O) groups excluding carboxylic acids is 2. The third-order valence-electron chi connectivity index (χ3n) is 3.82. The summed E-state index contributed by atoms with van der Waals surface area (Å²) >= 11 is 0. The molecular formula is C17H25N3O3. The molecule has 2 amide bonds. The topological polar surface area (TPSA) is 70.7 Å². The van der Waals surface area contributed by atoms with Gasteiger partial charge >= 0.3 is 0 Å². The van der Waals surface area contributed by atoms with E-state index in [4.69, 9.17) is 4.74 Å². The monoisotopic (exact) mass is 319 g/mol. The van der Waals surface area contributed by atoms with Gasteiger partial charge in [0, 0.05) is 38.3 Å². The van der Waals surface area contributed by atoms with E-state index < -0.39 is 6.10 Å². The Morgan fingerprint density at radius 3 is 2.57 bits per heavy atom. The zero-order valence-electron chi connectivity index (χ0n) is 14.0. The van der Waals surface area contributed by atoms with E-state index in [2.05, 4.69) is 10.6 Å². The maximum absolute atomic E-state index is 12.1. The Hall–Kier alpha value is -1.92. The number of ether oxygens (including phenoxy) is 1. The maximum Gasteiger partial charge on any atom is 0.254 e. The second-order valence-electron chi connectivity index (χ2n) is 5.99. The molecule has 1 aliphatic heterocycles. The first-order chi connectivity index (χ1) is 11.0. The Kier molecular flexibility index (Phi) is 6.12. The van der Waals surface area contributed by atoms with Gasteiger partial charge < -0.3 is 20.3 Å². The fourth-order valence-corrected chi connectivity index (χ4v) is 2.50. The summed E-state index contributed by atoms with van der Waals surface area (Å²) in [5.74, 6) is -0.0863. The number of benzene rings is 1. The van der Waals surface area contributed by atoms with Crippen LogP contribution in [0, 0.1) is 0 Å². The average molecular weight is 319 g/mol. The van der Waals surface area contributed by atoms with Crippen LogP contribution in [0.5, 0.6) is 0 Å². The van der Waals surface area contributed by atoms with Crippen molar-refractivity contribution in [2.75, 3.05) is 25.0 Å². The third kappa shape index (κ3) is 5.04. The summed E-state index contributed by atoms with van der Waals surface area (Å²) in [7, 11) is 0. The molecular weight excluding hydrogens is 294 g/mol. The predicted octanol–water partition coefficient (Wildman–Crippen LogP) is 1.37. The molecule has 0 saturated carbocycles. The van der Waals surface area contributed by atoms with Crippen LogP contribution >= 0.6 is 0 Å². The number of carbonyl (C=O) groups is 2. The first-order valence-electron chi connectivity index (χ1n) is 7.96. The molecule has 2 rings (SSSR count). The van der Waals surface area contributed by atoms with Crippen LogP contribution in [0.15, 0.2) is 24.3 Å². The molecule has 1 saturated heterocycles. The molecule has 0 aliphatic carbocycles. The van der Waals surface area contributed by atoms with Crippen molar-refractivity contribution in [3.05, 3.63) is 29.8 Å². The molecule has 1 fully saturated rings. The summed E-state index contributed by atoms with van der Waals surface area (Å²) < 4.78 is 5.42. The zero-order valence-corrected chi connectivity index (χ0v) is 14.0. The minimum atomic E-state index is -0.447. The van der Waals surface area contributed by atoms with Crippen LogP contribution in [0.4, 0.5) is 5.69 Å². The summed E-state index contributed by atoms with van der Waals surface area (Å²) in [6.45, 7) is 7.99. The molecule has 1 aliphatic rings. The summed E-state index contributed by atoms with van der Waals surface area (Å²) in [6, 6.07) is 7.70. The van der Waals surface area contributed by atoms with Crippen LogP contribution in [-0.2, 0) is 20.9 Å². The van der Waals surface area contributed by atoms with Gasteiger partial charge in [0.05, 0.1) is 6.61 Å². The van der Waals surface area contributed by atoms with E-state index in [0.29, 0.717) is 19.7 Å². The number of morpholine rings is 1. The van der Waals surface area contributed by atoms with Crippen molar-refractivity contribution in [1.82, 2.24) is 10.2 Å². The summed E-state index contributed by atoms with van der Waals surface area (Å²) in [4.78, 5) is 25.5. The lowest BCUT2D eigenvalue weighted by Crippen LogP contribution is -2.45. The highest BCUT2D eigenvalue weighted by atomic mass is 16.5. The highest BCUT2D eigenvalue weighted by Gasteiger charge is 2.21. The first kappa shape index (κ1) is 17.4. The van der Waals surface area contributed by atoms with E-state index in [0.717, 1.165) is 17.8 Å². The molecule has 0 bridgehead atoms. The Morgan fingerprint density at radius 1 is 1.35 bits per heavy atom. The molecule has 1 aromatic rings. The van der Waals surface area contributed by atoms with E-state index in [1.165, 1.54) is 0 Å². The van der Waals surface area contributed by atoms with Gasteiger partial charge in [-0.3, -0.25) is 9.59 Å². The van der Waals surface area contributed by atoms with E-state index in [1.807, 2.05) is 38.1 Å². The molecule has 23 heavy (non-hydrogen) atoms. The number of amides is 2. The van der Waals surface area contributed by atoms with Gasteiger partial charge in [-0.05, 0) is 31.5 Å². The Labute approximate surface area is 137 Å². The van der Waals surface area contributed by atoms with Gasteiger partial charge in [-0.15, -0.1) is 0 Å². The third-order valence-corrected chi connectivity index (χ3v) is 3.82. The smallest absolute Gasteiger partial charge is 0.254 e. The largest absolute Gasteiger partial charge is 0.366 e. The van der Waals surface area contributed by atoms with Gasteiger partial charge in [0.1, 0.15) is 6.10 Å². The van der Waals surface area contributed by atoms with Crippen molar-refractivity contribution in [3.63, 3.8) is 0 Å². The predicted molar refractivity (Wildman–Crippen MR) is 89.0 cm³/mol. The number of rotatable bonds is 5. The van der Waals surface area contributed by atoms with Crippen molar-refractivity contribution >= 4 is 17.5 Å². The molecule has 2 N–H and O–H groups in total. The molecule has 6 nitrogen and oxygen atoms in total. The summed E-state index contributed by atoms with van der Waals surface area (Å²) in [5, 5.41) is 5.98. The van der Waals surface area contributed by atoms with Crippen LogP contribution in [0.25, 0.3) is 0 Å². The zero-order chi connectivity index (χ0) is 16.8. The highest BCUT2D eigenvalue weighted by molar-refractivity contribution is 5.94. The van der Waals surface area contributed by atoms with Crippen molar-refractivity contribution in [2.24, 2.45) is 0 Å². The van der Waals surface area contributed by atoms with Crippen LogP contribution in [0.3, 0.4) is 0 Å². The fourth-order valence-electron chi connectivity index (χ4n) is 2.50. The minimum Gasteiger partial charge on any atom is -0.366 e. The van der Waals surface area contributed by atoms with Gasteiger partial charge in [0.25, 0.3) is 5.91 Å². The molecule has 6 heteroatoms. The van der Waals surface area contributed by atoms with Gasteiger partial charge in [-0.25, -0.2) is 0 Å². The lowest BCUT2D eigenvalue weighted by molar-refractivity contribution is -0.131. The summed E-state index contributed by atoms with van der Waals surface area (Å²) in [6.07, 6.45) is -0.447. The molecule has 0 spiro atoms. The van der Waals surface area contributed by atoms with Crippen LogP contribution < -0.4 is 10.6 Å². The molecule has 1 aromatic carbocycles. The van der Waals surface area contributed by atoms with Crippen molar-refractivity contribution in [3.8, 4) is 0 Å². The average Bonchev–Trinajstić information content (AvgIpc) is 2.54. The van der Waals surface area contributed by atoms with Crippen molar-refractivity contribution in [1.29, 1.82) is 0 Å². The number of nitrogens with zero attached hydrogens (tertiary/aromatic N) is 1. The van der Waals surface area contributed by atoms with E-state index in [1.54, 1.807) is 11.8 Å². The quantitative estimate of drug-likeness (QED) is 0.860. The number of hydrogen-bond donors (Lipinski definition) is 2. The van der Waals surface area contributed by atoms with Crippen molar-refractivity contribution in [2.45, 2.75) is 39.5 Å². The Morgan fingerprint density at radius 2 is 2.04 bits per heavy atom.